The zero-order chi connectivity index (χ0) is 14.7. The zero-order valence-corrected chi connectivity index (χ0v) is 12.3. The van der Waals surface area contributed by atoms with E-state index in [9.17, 15) is 5.26 Å². The Kier molecular flexibility index (Phi) is 3.92. The Morgan fingerprint density at radius 1 is 1.24 bits per heavy atom. The molecule has 0 radical (unpaired) electrons. The normalized spacial score (nSPS) is 16.7. The van der Waals surface area contributed by atoms with Crippen LogP contribution in [-0.2, 0) is 6.42 Å². The quantitative estimate of drug-likeness (QED) is 0.831. The van der Waals surface area contributed by atoms with E-state index in [-0.39, 0.29) is 0 Å². The number of rotatable bonds is 3. The maximum Gasteiger partial charge on any atom is 0.122 e. The second-order valence-electron chi connectivity index (χ2n) is 5.56. The van der Waals surface area contributed by atoms with Crippen molar-refractivity contribution in [2.45, 2.75) is 32.1 Å². The Bertz CT molecular complexity index is 684. The van der Waals surface area contributed by atoms with Gasteiger partial charge in [0.25, 0.3) is 0 Å². The van der Waals surface area contributed by atoms with Crippen molar-refractivity contribution in [1.82, 2.24) is 0 Å². The number of hydrogen-bond acceptors (Lipinski definition) is 2. The molecule has 0 saturated heterocycles. The predicted molar refractivity (Wildman–Crippen MR) is 83.5 cm³/mol. The minimum Gasteiger partial charge on any atom is -0.493 e. The first kappa shape index (κ1) is 13.7. The zero-order valence-electron chi connectivity index (χ0n) is 12.3. The molecule has 2 aromatic rings. The minimum absolute atomic E-state index is 0.597. The van der Waals surface area contributed by atoms with Gasteiger partial charge in [0.1, 0.15) is 5.75 Å². The molecule has 21 heavy (non-hydrogen) atoms. The van der Waals surface area contributed by atoms with E-state index in [1.165, 1.54) is 11.1 Å². The maximum atomic E-state index is 9.20. The van der Waals surface area contributed by atoms with Crippen molar-refractivity contribution >= 4 is 0 Å². The van der Waals surface area contributed by atoms with Crippen LogP contribution in [0, 0.1) is 11.3 Å². The van der Waals surface area contributed by atoms with Gasteiger partial charge in [-0.15, -0.1) is 0 Å². The summed E-state index contributed by atoms with van der Waals surface area (Å²) >= 11 is 0. The van der Waals surface area contributed by atoms with E-state index < -0.39 is 0 Å². The highest BCUT2D eigenvalue weighted by atomic mass is 16.5. The van der Waals surface area contributed by atoms with Gasteiger partial charge in [0.15, 0.2) is 0 Å². The molecule has 0 amide bonds. The molecule has 0 fully saturated rings. The van der Waals surface area contributed by atoms with Crippen LogP contribution < -0.4 is 4.74 Å². The van der Waals surface area contributed by atoms with E-state index in [2.05, 4.69) is 31.2 Å². The molecule has 2 nitrogen and oxygen atoms in total. The predicted octanol–water partition coefficient (Wildman–Crippen LogP) is 4.43. The van der Waals surface area contributed by atoms with Gasteiger partial charge >= 0.3 is 0 Å². The Labute approximate surface area is 126 Å². The lowest BCUT2D eigenvalue weighted by molar-refractivity contribution is 0.265. The van der Waals surface area contributed by atoms with Gasteiger partial charge in [0.05, 0.1) is 18.2 Å². The highest BCUT2D eigenvalue weighted by Gasteiger charge is 2.20. The summed E-state index contributed by atoms with van der Waals surface area (Å²) in [5, 5.41) is 9.20. The standard InChI is InChI=1S/C19H19NO/c1-2-15-9-10-21-19-8-7-14(12-18(15)19)11-16-5-3-4-6-17(16)13-20/h3-8,12,15H,2,9-11H2,1H3. The Morgan fingerprint density at radius 3 is 2.90 bits per heavy atom. The van der Waals surface area contributed by atoms with Crippen LogP contribution in [0.4, 0.5) is 0 Å². The molecule has 0 spiro atoms. The Morgan fingerprint density at radius 2 is 2.10 bits per heavy atom. The van der Waals surface area contributed by atoms with Gasteiger partial charge in [-0.25, -0.2) is 0 Å². The molecule has 0 N–H and O–H groups in total. The highest BCUT2D eigenvalue weighted by molar-refractivity contribution is 5.45. The Balaban J connectivity index is 1.92. The molecular formula is C19H19NO. The van der Waals surface area contributed by atoms with E-state index in [4.69, 9.17) is 4.74 Å². The van der Waals surface area contributed by atoms with E-state index in [1.807, 2.05) is 24.3 Å². The number of hydrogen-bond donors (Lipinski definition) is 0. The van der Waals surface area contributed by atoms with Crippen molar-refractivity contribution in [3.8, 4) is 11.8 Å². The van der Waals surface area contributed by atoms with Gasteiger partial charge in [-0.3, -0.25) is 0 Å². The van der Waals surface area contributed by atoms with Gasteiger partial charge in [0.2, 0.25) is 0 Å². The summed E-state index contributed by atoms with van der Waals surface area (Å²) in [6.45, 7) is 3.06. The first-order chi connectivity index (χ1) is 10.3. The average Bonchev–Trinajstić information content (AvgIpc) is 2.54. The molecule has 0 saturated carbocycles. The van der Waals surface area contributed by atoms with Crippen molar-refractivity contribution in [3.05, 3.63) is 64.7 Å². The van der Waals surface area contributed by atoms with Crippen LogP contribution >= 0.6 is 0 Å². The third kappa shape index (κ3) is 2.78. The smallest absolute Gasteiger partial charge is 0.122 e. The monoisotopic (exact) mass is 277 g/mol. The molecule has 2 heteroatoms. The molecule has 0 aromatic heterocycles. The molecule has 106 valence electrons. The summed E-state index contributed by atoms with van der Waals surface area (Å²) in [6, 6.07) is 16.6. The third-order valence-electron chi connectivity index (χ3n) is 4.26. The van der Waals surface area contributed by atoms with Crippen molar-refractivity contribution in [2.24, 2.45) is 0 Å². The van der Waals surface area contributed by atoms with Gasteiger partial charge < -0.3 is 4.74 Å². The van der Waals surface area contributed by atoms with Crippen LogP contribution in [0.15, 0.2) is 42.5 Å². The van der Waals surface area contributed by atoms with Crippen molar-refractivity contribution in [1.29, 1.82) is 5.26 Å². The minimum atomic E-state index is 0.597. The molecule has 3 rings (SSSR count). The van der Waals surface area contributed by atoms with Crippen LogP contribution in [0.3, 0.4) is 0 Å². The lowest BCUT2D eigenvalue weighted by Gasteiger charge is -2.25. The third-order valence-corrected chi connectivity index (χ3v) is 4.26. The SMILES string of the molecule is CCC1CCOc2ccc(Cc3ccccc3C#N)cc21. The first-order valence-corrected chi connectivity index (χ1v) is 7.55. The second kappa shape index (κ2) is 6.01. The van der Waals surface area contributed by atoms with Gasteiger partial charge in [0, 0.05) is 0 Å². The van der Waals surface area contributed by atoms with Crippen LogP contribution in [0.25, 0.3) is 0 Å². The fraction of sp³-hybridized carbons (Fsp3) is 0.316. The largest absolute Gasteiger partial charge is 0.493 e. The molecule has 0 bridgehead atoms. The first-order valence-electron chi connectivity index (χ1n) is 7.55. The van der Waals surface area contributed by atoms with Crippen LogP contribution in [0.2, 0.25) is 0 Å². The molecule has 2 aromatic carbocycles. The van der Waals surface area contributed by atoms with Crippen molar-refractivity contribution < 1.29 is 4.74 Å². The van der Waals surface area contributed by atoms with Gasteiger partial charge in [-0.05, 0) is 54.0 Å². The van der Waals surface area contributed by atoms with E-state index in [0.717, 1.165) is 42.7 Å². The molecule has 1 unspecified atom stereocenters. The lowest BCUT2D eigenvalue weighted by Crippen LogP contribution is -2.14. The number of nitriles is 1. The molecular weight excluding hydrogens is 258 g/mol. The maximum absolute atomic E-state index is 9.20. The van der Waals surface area contributed by atoms with Crippen LogP contribution in [0.5, 0.6) is 5.75 Å². The van der Waals surface area contributed by atoms with E-state index >= 15 is 0 Å². The summed E-state index contributed by atoms with van der Waals surface area (Å²) in [6.07, 6.45) is 3.05. The average molecular weight is 277 g/mol. The van der Waals surface area contributed by atoms with Crippen LogP contribution in [0.1, 0.15) is 47.9 Å². The van der Waals surface area contributed by atoms with Gasteiger partial charge in [-0.2, -0.15) is 5.26 Å². The summed E-state index contributed by atoms with van der Waals surface area (Å²) in [7, 11) is 0. The summed E-state index contributed by atoms with van der Waals surface area (Å²) in [5.74, 6) is 1.63. The number of benzene rings is 2. The number of ether oxygens (including phenoxy) is 1. The van der Waals surface area contributed by atoms with E-state index in [1.54, 1.807) is 0 Å². The summed E-state index contributed by atoms with van der Waals surface area (Å²) < 4.78 is 5.75. The molecule has 1 atom stereocenters. The molecule has 0 aliphatic carbocycles. The molecule has 1 heterocycles. The van der Waals surface area contributed by atoms with Crippen molar-refractivity contribution in [3.63, 3.8) is 0 Å². The number of nitrogens with zero attached hydrogens (tertiary/aromatic N) is 1. The highest BCUT2D eigenvalue weighted by Crippen LogP contribution is 2.36. The Hall–Kier alpha value is -2.27. The molecule has 1 aliphatic rings. The lowest BCUT2D eigenvalue weighted by atomic mass is 9.88. The van der Waals surface area contributed by atoms with E-state index in [0.29, 0.717) is 5.92 Å². The van der Waals surface area contributed by atoms with Gasteiger partial charge in [-0.1, -0.05) is 37.3 Å². The fourth-order valence-corrected chi connectivity index (χ4v) is 3.05. The summed E-state index contributed by atoms with van der Waals surface area (Å²) in [4.78, 5) is 0. The van der Waals surface area contributed by atoms with Crippen LogP contribution in [-0.4, -0.2) is 6.61 Å². The number of fused-ring (bicyclic) bond motifs is 1. The summed E-state index contributed by atoms with van der Waals surface area (Å²) in [5.41, 5.74) is 4.43. The second-order valence-corrected chi connectivity index (χ2v) is 5.56. The van der Waals surface area contributed by atoms with Crippen molar-refractivity contribution in [2.75, 3.05) is 6.61 Å². The topological polar surface area (TPSA) is 33.0 Å². The molecule has 1 aliphatic heterocycles. The fourth-order valence-electron chi connectivity index (χ4n) is 3.05.